The molecule has 2 rings (SSSR count). The molecule has 3 heteroatoms. The second-order valence-corrected chi connectivity index (χ2v) is 6.36. The SMILES string of the molecule is CC1(C)CC(C=Cc2ccc(N)cc2)=CC(=C(C#N)C#N)C1. The molecule has 0 unspecified atom stereocenters. The van der Waals surface area contributed by atoms with Gasteiger partial charge in [0.1, 0.15) is 17.7 Å². The minimum Gasteiger partial charge on any atom is -0.399 e. The summed E-state index contributed by atoms with van der Waals surface area (Å²) in [5.41, 5.74) is 9.72. The molecule has 22 heavy (non-hydrogen) atoms. The van der Waals surface area contributed by atoms with Gasteiger partial charge in [-0.15, -0.1) is 0 Å². The number of rotatable bonds is 2. The quantitative estimate of drug-likeness (QED) is 0.649. The Morgan fingerprint density at radius 2 is 1.73 bits per heavy atom. The first kappa shape index (κ1) is 15.6. The largest absolute Gasteiger partial charge is 0.399 e. The number of nitrogen functional groups attached to an aromatic ring is 1. The molecule has 1 aromatic rings. The lowest BCUT2D eigenvalue weighted by Crippen LogP contribution is -2.17. The van der Waals surface area contributed by atoms with E-state index in [1.807, 2.05) is 48.6 Å². The molecule has 0 aliphatic heterocycles. The molecule has 110 valence electrons. The lowest BCUT2D eigenvalue weighted by Gasteiger charge is -2.30. The molecule has 0 bridgehead atoms. The second kappa shape index (κ2) is 6.33. The van der Waals surface area contributed by atoms with E-state index in [2.05, 4.69) is 19.9 Å². The van der Waals surface area contributed by atoms with E-state index in [1.54, 1.807) is 0 Å². The van der Waals surface area contributed by atoms with Crippen LogP contribution < -0.4 is 5.73 Å². The highest BCUT2D eigenvalue weighted by Crippen LogP contribution is 2.39. The summed E-state index contributed by atoms with van der Waals surface area (Å²) in [4.78, 5) is 0. The average molecular weight is 289 g/mol. The first-order valence-electron chi connectivity index (χ1n) is 7.21. The van der Waals surface area contributed by atoms with Crippen molar-refractivity contribution in [1.82, 2.24) is 0 Å². The maximum Gasteiger partial charge on any atom is 0.132 e. The zero-order chi connectivity index (χ0) is 16.2. The van der Waals surface area contributed by atoms with Gasteiger partial charge in [0, 0.05) is 5.69 Å². The lowest BCUT2D eigenvalue weighted by atomic mass is 9.74. The van der Waals surface area contributed by atoms with E-state index in [9.17, 15) is 0 Å². The zero-order valence-corrected chi connectivity index (χ0v) is 12.9. The van der Waals surface area contributed by atoms with Crippen LogP contribution in [0.4, 0.5) is 5.69 Å². The summed E-state index contributed by atoms with van der Waals surface area (Å²) in [6.07, 6.45) is 7.73. The van der Waals surface area contributed by atoms with E-state index in [4.69, 9.17) is 16.3 Å². The third-order valence-electron chi connectivity index (χ3n) is 3.68. The van der Waals surface area contributed by atoms with Crippen LogP contribution in [-0.2, 0) is 0 Å². The van der Waals surface area contributed by atoms with Crippen LogP contribution in [0.5, 0.6) is 0 Å². The highest BCUT2D eigenvalue weighted by atomic mass is 14.5. The van der Waals surface area contributed by atoms with Gasteiger partial charge < -0.3 is 5.73 Å². The van der Waals surface area contributed by atoms with Crippen LogP contribution in [-0.4, -0.2) is 0 Å². The molecule has 0 saturated heterocycles. The van der Waals surface area contributed by atoms with E-state index < -0.39 is 0 Å². The molecule has 1 aliphatic carbocycles. The molecule has 0 spiro atoms. The predicted octanol–water partition coefficient (Wildman–Crippen LogP) is 4.37. The number of nitriles is 2. The molecule has 1 aliphatic rings. The van der Waals surface area contributed by atoms with Crippen LogP contribution in [0.2, 0.25) is 0 Å². The number of nitrogens with zero attached hydrogens (tertiary/aromatic N) is 2. The van der Waals surface area contributed by atoms with Crippen LogP contribution in [0.15, 0.2) is 53.1 Å². The molecular formula is C19H19N3. The van der Waals surface area contributed by atoms with Gasteiger partial charge in [0.15, 0.2) is 0 Å². The third-order valence-corrected chi connectivity index (χ3v) is 3.68. The Kier molecular flexibility index (Phi) is 4.49. The van der Waals surface area contributed by atoms with Crippen molar-refractivity contribution >= 4 is 11.8 Å². The van der Waals surface area contributed by atoms with Gasteiger partial charge in [0.2, 0.25) is 0 Å². The van der Waals surface area contributed by atoms with Gasteiger partial charge in [-0.25, -0.2) is 0 Å². The van der Waals surface area contributed by atoms with E-state index in [-0.39, 0.29) is 11.0 Å². The van der Waals surface area contributed by atoms with Crippen LogP contribution in [0.25, 0.3) is 6.08 Å². The molecule has 3 nitrogen and oxygen atoms in total. The lowest BCUT2D eigenvalue weighted by molar-refractivity contribution is 0.354. The number of allylic oxidation sites excluding steroid dienone is 5. The number of benzene rings is 1. The maximum atomic E-state index is 9.08. The first-order valence-corrected chi connectivity index (χ1v) is 7.21. The Labute approximate surface area is 131 Å². The summed E-state index contributed by atoms with van der Waals surface area (Å²) in [7, 11) is 0. The van der Waals surface area contributed by atoms with Crippen molar-refractivity contribution < 1.29 is 0 Å². The van der Waals surface area contributed by atoms with E-state index in [1.165, 1.54) is 0 Å². The average Bonchev–Trinajstić information content (AvgIpc) is 2.46. The summed E-state index contributed by atoms with van der Waals surface area (Å²) >= 11 is 0. The fourth-order valence-corrected chi connectivity index (χ4v) is 2.70. The van der Waals surface area contributed by atoms with Crippen molar-refractivity contribution in [3.8, 4) is 12.1 Å². The second-order valence-electron chi connectivity index (χ2n) is 6.36. The molecular weight excluding hydrogens is 270 g/mol. The zero-order valence-electron chi connectivity index (χ0n) is 12.9. The summed E-state index contributed by atoms with van der Waals surface area (Å²) in [6, 6.07) is 11.7. The smallest absolute Gasteiger partial charge is 0.132 e. The number of nitrogens with two attached hydrogens (primary N) is 1. The summed E-state index contributed by atoms with van der Waals surface area (Å²) < 4.78 is 0. The Balaban J connectivity index is 2.33. The number of hydrogen-bond donors (Lipinski definition) is 1. The van der Waals surface area contributed by atoms with Crippen molar-refractivity contribution in [2.24, 2.45) is 5.41 Å². The van der Waals surface area contributed by atoms with E-state index in [0.29, 0.717) is 0 Å². The third kappa shape index (κ3) is 3.87. The van der Waals surface area contributed by atoms with Crippen molar-refractivity contribution in [3.63, 3.8) is 0 Å². The van der Waals surface area contributed by atoms with E-state index >= 15 is 0 Å². The predicted molar refractivity (Wildman–Crippen MR) is 89.2 cm³/mol. The summed E-state index contributed by atoms with van der Waals surface area (Å²) in [5, 5.41) is 18.2. The van der Waals surface area contributed by atoms with Crippen molar-refractivity contribution in [2.45, 2.75) is 26.7 Å². The fraction of sp³-hybridized carbons (Fsp3) is 0.263. The minimum atomic E-state index is 0.0455. The molecule has 0 amide bonds. The Morgan fingerprint density at radius 3 is 2.32 bits per heavy atom. The highest BCUT2D eigenvalue weighted by Gasteiger charge is 2.26. The summed E-state index contributed by atoms with van der Waals surface area (Å²) in [6.45, 7) is 4.31. The molecule has 0 fully saturated rings. The molecule has 1 aromatic carbocycles. The highest BCUT2D eigenvalue weighted by molar-refractivity contribution is 5.58. The minimum absolute atomic E-state index is 0.0455. The number of hydrogen-bond acceptors (Lipinski definition) is 3. The van der Waals surface area contributed by atoms with Crippen molar-refractivity contribution in [1.29, 1.82) is 10.5 Å². The molecule has 0 atom stereocenters. The van der Waals surface area contributed by atoms with Crippen LogP contribution in [0.1, 0.15) is 32.3 Å². The Morgan fingerprint density at radius 1 is 1.09 bits per heavy atom. The number of anilines is 1. The van der Waals surface area contributed by atoms with Gasteiger partial charge in [-0.1, -0.05) is 44.2 Å². The Hall–Kier alpha value is -2.78. The maximum absolute atomic E-state index is 9.08. The van der Waals surface area contributed by atoms with E-state index in [0.717, 1.165) is 35.2 Å². The van der Waals surface area contributed by atoms with Gasteiger partial charge in [-0.3, -0.25) is 0 Å². The van der Waals surface area contributed by atoms with Crippen molar-refractivity contribution in [3.05, 3.63) is 58.7 Å². The van der Waals surface area contributed by atoms with Gasteiger partial charge >= 0.3 is 0 Å². The summed E-state index contributed by atoms with van der Waals surface area (Å²) in [5.74, 6) is 0. The van der Waals surface area contributed by atoms with Crippen molar-refractivity contribution in [2.75, 3.05) is 5.73 Å². The van der Waals surface area contributed by atoms with Gasteiger partial charge in [0.25, 0.3) is 0 Å². The molecule has 2 N–H and O–H groups in total. The molecule has 0 aromatic heterocycles. The Bertz CT molecular complexity index is 716. The molecule has 0 heterocycles. The van der Waals surface area contributed by atoms with Crippen LogP contribution in [0, 0.1) is 28.1 Å². The van der Waals surface area contributed by atoms with Gasteiger partial charge in [-0.05, 0) is 47.1 Å². The van der Waals surface area contributed by atoms with Gasteiger partial charge in [-0.2, -0.15) is 10.5 Å². The first-order chi connectivity index (χ1) is 10.4. The standard InChI is InChI=1S/C19H19N3/c1-19(2)10-15(9-16(11-19)17(12-20)13-21)4-3-14-5-7-18(22)8-6-14/h3-9H,10-11,22H2,1-2H3. The monoisotopic (exact) mass is 289 g/mol. The molecule has 0 radical (unpaired) electrons. The van der Waals surface area contributed by atoms with Gasteiger partial charge in [0.05, 0.1) is 0 Å². The van der Waals surface area contributed by atoms with Crippen LogP contribution in [0.3, 0.4) is 0 Å². The normalized spacial score (nSPS) is 16.7. The fourth-order valence-electron chi connectivity index (χ4n) is 2.70. The molecule has 0 saturated carbocycles. The van der Waals surface area contributed by atoms with Crippen LogP contribution >= 0.6 is 0 Å². The topological polar surface area (TPSA) is 73.6 Å².